The van der Waals surface area contributed by atoms with Gasteiger partial charge in [-0.1, -0.05) is 13.8 Å². The van der Waals surface area contributed by atoms with Gasteiger partial charge in [-0.3, -0.25) is 0 Å². The molecule has 6 heteroatoms. The van der Waals surface area contributed by atoms with E-state index in [0.29, 0.717) is 19.0 Å². The fraction of sp³-hybridized carbons (Fsp3) is 0.818. The van der Waals surface area contributed by atoms with Crippen molar-refractivity contribution in [3.8, 4) is 0 Å². The van der Waals surface area contributed by atoms with Crippen LogP contribution in [-0.2, 0) is 4.79 Å². The Labute approximate surface area is 102 Å². The first-order valence-corrected chi connectivity index (χ1v) is 5.81. The Morgan fingerprint density at radius 3 is 2.29 bits per heavy atom. The summed E-state index contributed by atoms with van der Waals surface area (Å²) in [6, 6.07) is -1.43. The Hall–Kier alpha value is -1.30. The highest BCUT2D eigenvalue weighted by molar-refractivity contribution is 5.82. The van der Waals surface area contributed by atoms with Crippen LogP contribution in [0.4, 0.5) is 4.79 Å². The third-order valence-corrected chi connectivity index (χ3v) is 2.27. The van der Waals surface area contributed by atoms with Crippen molar-refractivity contribution in [3.05, 3.63) is 0 Å². The van der Waals surface area contributed by atoms with Gasteiger partial charge in [-0.25, -0.2) is 9.59 Å². The number of carbonyl (C=O) groups excluding carboxylic acids is 1. The molecule has 0 saturated heterocycles. The van der Waals surface area contributed by atoms with Gasteiger partial charge in [0.05, 0.1) is 0 Å². The van der Waals surface area contributed by atoms with E-state index >= 15 is 0 Å². The van der Waals surface area contributed by atoms with Crippen molar-refractivity contribution in [2.45, 2.75) is 33.2 Å². The summed E-state index contributed by atoms with van der Waals surface area (Å²) in [4.78, 5) is 24.1. The van der Waals surface area contributed by atoms with Gasteiger partial charge >= 0.3 is 12.0 Å². The predicted molar refractivity (Wildman–Crippen MR) is 63.7 cm³/mol. The number of hydrogen-bond acceptors (Lipinski definition) is 3. The lowest BCUT2D eigenvalue weighted by molar-refractivity contribution is -0.139. The summed E-state index contributed by atoms with van der Waals surface area (Å²) in [6.07, 6.45) is 0.0142. The molecule has 0 heterocycles. The van der Waals surface area contributed by atoms with Gasteiger partial charge in [0.25, 0.3) is 0 Å². The molecule has 0 aromatic rings. The zero-order chi connectivity index (χ0) is 13.4. The predicted octanol–water partition coefficient (Wildman–Crippen LogP) is 0.509. The van der Waals surface area contributed by atoms with Crippen molar-refractivity contribution in [3.63, 3.8) is 0 Å². The summed E-state index contributed by atoms with van der Waals surface area (Å²) in [5, 5.41) is 20.0. The van der Waals surface area contributed by atoms with E-state index in [2.05, 4.69) is 5.32 Å². The third-order valence-electron chi connectivity index (χ3n) is 2.27. The number of amides is 2. The van der Waals surface area contributed by atoms with E-state index in [4.69, 9.17) is 10.2 Å². The minimum Gasteiger partial charge on any atom is -0.480 e. The van der Waals surface area contributed by atoms with Gasteiger partial charge in [0.2, 0.25) is 0 Å². The number of rotatable bonds is 7. The number of nitrogens with zero attached hydrogens (tertiary/aromatic N) is 1. The second-order valence-corrected chi connectivity index (χ2v) is 4.29. The summed E-state index contributed by atoms with van der Waals surface area (Å²) in [6.45, 7) is 6.64. The van der Waals surface area contributed by atoms with Gasteiger partial charge in [0, 0.05) is 26.1 Å². The van der Waals surface area contributed by atoms with Crippen LogP contribution in [-0.4, -0.2) is 52.9 Å². The van der Waals surface area contributed by atoms with Crippen LogP contribution in [0.1, 0.15) is 27.2 Å². The molecule has 0 aliphatic heterocycles. The van der Waals surface area contributed by atoms with Crippen molar-refractivity contribution >= 4 is 12.0 Å². The number of aliphatic hydroxyl groups is 1. The van der Waals surface area contributed by atoms with Crippen LogP contribution in [0.5, 0.6) is 0 Å². The van der Waals surface area contributed by atoms with Crippen LogP contribution in [0.25, 0.3) is 0 Å². The lowest BCUT2D eigenvalue weighted by Gasteiger charge is -2.25. The summed E-state index contributed by atoms with van der Waals surface area (Å²) in [5.74, 6) is -0.810. The normalized spacial score (nSPS) is 12.3. The molecule has 0 bridgehead atoms. The average Bonchev–Trinajstić information content (AvgIpc) is 2.24. The van der Waals surface area contributed by atoms with E-state index in [1.165, 1.54) is 0 Å². The van der Waals surface area contributed by atoms with Crippen LogP contribution in [0.3, 0.4) is 0 Å². The van der Waals surface area contributed by atoms with E-state index in [-0.39, 0.29) is 13.0 Å². The number of aliphatic carboxylic acids is 1. The van der Waals surface area contributed by atoms with Gasteiger partial charge in [-0.05, 0) is 12.8 Å². The Morgan fingerprint density at radius 1 is 1.35 bits per heavy atom. The van der Waals surface area contributed by atoms with Crippen molar-refractivity contribution in [1.29, 1.82) is 0 Å². The first-order chi connectivity index (χ1) is 7.92. The van der Waals surface area contributed by atoms with Crippen LogP contribution < -0.4 is 5.32 Å². The second-order valence-electron chi connectivity index (χ2n) is 4.29. The number of nitrogens with one attached hydrogen (secondary N) is 1. The molecule has 1 atom stereocenters. The van der Waals surface area contributed by atoms with Gasteiger partial charge in [0.1, 0.15) is 6.04 Å². The second kappa shape index (κ2) is 7.89. The zero-order valence-electron chi connectivity index (χ0n) is 10.6. The molecule has 1 unspecified atom stereocenters. The SMILES string of the molecule is CCN(CC(C)C)C(=O)NC(CCO)C(=O)O. The Morgan fingerprint density at radius 2 is 1.94 bits per heavy atom. The summed E-state index contributed by atoms with van der Waals surface area (Å²) in [5.41, 5.74) is 0. The zero-order valence-corrected chi connectivity index (χ0v) is 10.6. The lowest BCUT2D eigenvalue weighted by atomic mass is 10.2. The monoisotopic (exact) mass is 246 g/mol. The van der Waals surface area contributed by atoms with Crippen molar-refractivity contribution in [2.75, 3.05) is 19.7 Å². The van der Waals surface area contributed by atoms with Crippen LogP contribution in [0.2, 0.25) is 0 Å². The number of hydrogen-bond donors (Lipinski definition) is 3. The summed E-state index contributed by atoms with van der Waals surface area (Å²) >= 11 is 0. The molecule has 0 aliphatic rings. The molecular weight excluding hydrogens is 224 g/mol. The fourth-order valence-corrected chi connectivity index (χ4v) is 1.42. The highest BCUT2D eigenvalue weighted by Gasteiger charge is 2.22. The molecule has 0 spiro atoms. The van der Waals surface area contributed by atoms with E-state index in [0.717, 1.165) is 0 Å². The Kier molecular flexibility index (Phi) is 7.29. The van der Waals surface area contributed by atoms with Gasteiger partial charge in [-0.2, -0.15) is 0 Å². The molecule has 0 saturated carbocycles. The molecular formula is C11H22N2O4. The Bertz CT molecular complexity index is 256. The van der Waals surface area contributed by atoms with Crippen LogP contribution >= 0.6 is 0 Å². The molecule has 17 heavy (non-hydrogen) atoms. The number of carboxylic acids is 1. The molecule has 0 rings (SSSR count). The molecule has 0 aliphatic carbocycles. The van der Waals surface area contributed by atoms with Crippen molar-refractivity contribution in [1.82, 2.24) is 10.2 Å². The molecule has 0 aromatic carbocycles. The van der Waals surface area contributed by atoms with Crippen LogP contribution in [0.15, 0.2) is 0 Å². The maximum atomic E-state index is 11.8. The van der Waals surface area contributed by atoms with Gasteiger partial charge < -0.3 is 20.4 Å². The first kappa shape index (κ1) is 15.7. The van der Waals surface area contributed by atoms with Gasteiger partial charge in [-0.15, -0.1) is 0 Å². The van der Waals surface area contributed by atoms with Crippen LogP contribution in [0, 0.1) is 5.92 Å². The maximum absolute atomic E-state index is 11.8. The number of urea groups is 1. The highest BCUT2D eigenvalue weighted by Crippen LogP contribution is 2.00. The maximum Gasteiger partial charge on any atom is 0.326 e. The summed E-state index contributed by atoms with van der Waals surface area (Å²) < 4.78 is 0. The average molecular weight is 246 g/mol. The molecule has 3 N–H and O–H groups in total. The van der Waals surface area contributed by atoms with E-state index < -0.39 is 18.0 Å². The van der Waals surface area contributed by atoms with Crippen molar-refractivity contribution in [2.24, 2.45) is 5.92 Å². The van der Waals surface area contributed by atoms with E-state index in [1.807, 2.05) is 20.8 Å². The lowest BCUT2D eigenvalue weighted by Crippen LogP contribution is -2.49. The summed E-state index contributed by atoms with van der Waals surface area (Å²) in [7, 11) is 0. The highest BCUT2D eigenvalue weighted by atomic mass is 16.4. The Balaban J connectivity index is 4.40. The van der Waals surface area contributed by atoms with E-state index in [9.17, 15) is 9.59 Å². The van der Waals surface area contributed by atoms with E-state index in [1.54, 1.807) is 4.90 Å². The quantitative estimate of drug-likeness (QED) is 0.610. The fourth-order valence-electron chi connectivity index (χ4n) is 1.42. The molecule has 0 fully saturated rings. The standard InChI is InChI=1S/C11H22N2O4/c1-4-13(7-8(2)3)11(17)12-9(5-6-14)10(15)16/h8-9,14H,4-7H2,1-3H3,(H,12,17)(H,15,16). The number of carbonyl (C=O) groups is 2. The first-order valence-electron chi connectivity index (χ1n) is 5.81. The largest absolute Gasteiger partial charge is 0.480 e. The number of carboxylic acid groups (broad SMARTS) is 1. The molecule has 0 radical (unpaired) electrons. The topological polar surface area (TPSA) is 89.9 Å². The minimum absolute atomic E-state index is 0.0142. The molecule has 6 nitrogen and oxygen atoms in total. The molecule has 2 amide bonds. The van der Waals surface area contributed by atoms with Gasteiger partial charge in [0.15, 0.2) is 0 Å². The smallest absolute Gasteiger partial charge is 0.326 e. The number of aliphatic hydroxyl groups excluding tert-OH is 1. The molecule has 100 valence electrons. The third kappa shape index (κ3) is 6.11. The molecule has 0 aromatic heterocycles. The van der Waals surface area contributed by atoms with Crippen molar-refractivity contribution < 1.29 is 19.8 Å². The minimum atomic E-state index is -1.13.